The van der Waals surface area contributed by atoms with Crippen LogP contribution in [0.5, 0.6) is 0 Å². The fourth-order valence-corrected chi connectivity index (χ4v) is 2.44. The summed E-state index contributed by atoms with van der Waals surface area (Å²) >= 11 is 3.53. The first-order valence-corrected chi connectivity index (χ1v) is 5.93. The van der Waals surface area contributed by atoms with Crippen molar-refractivity contribution in [1.82, 2.24) is 9.78 Å². The quantitative estimate of drug-likeness (QED) is 0.938. The molecule has 1 aromatic carbocycles. The molecule has 0 amide bonds. The van der Waals surface area contributed by atoms with Crippen LogP contribution < -0.4 is 0 Å². The average Bonchev–Trinajstić information content (AvgIpc) is 2.59. The number of aliphatic hydroxyl groups is 1. The van der Waals surface area contributed by atoms with Crippen molar-refractivity contribution < 1.29 is 5.11 Å². The maximum atomic E-state index is 8.99. The van der Waals surface area contributed by atoms with Crippen LogP contribution in [0.15, 0.2) is 34.9 Å². The molecule has 3 nitrogen and oxygen atoms in total. The zero-order valence-corrected chi connectivity index (χ0v) is 10.6. The Bertz CT molecular complexity index is 479. The van der Waals surface area contributed by atoms with Crippen LogP contribution in [0.2, 0.25) is 0 Å². The van der Waals surface area contributed by atoms with Gasteiger partial charge in [-0.05, 0) is 35.0 Å². The molecule has 0 spiro atoms. The Morgan fingerprint density at radius 2 is 2.00 bits per heavy atom. The molecule has 0 unspecified atom stereocenters. The van der Waals surface area contributed by atoms with Crippen molar-refractivity contribution in [2.24, 2.45) is 0 Å². The van der Waals surface area contributed by atoms with Gasteiger partial charge in [0, 0.05) is 18.6 Å². The zero-order valence-electron chi connectivity index (χ0n) is 9.02. The molecule has 0 bridgehead atoms. The Hall–Kier alpha value is -1.13. The third-order valence-electron chi connectivity index (χ3n) is 2.48. The summed E-state index contributed by atoms with van der Waals surface area (Å²) in [5.41, 5.74) is 3.03. The van der Waals surface area contributed by atoms with E-state index in [4.69, 9.17) is 5.11 Å². The first-order chi connectivity index (χ1) is 7.74. The number of hydrogen-bond acceptors (Lipinski definition) is 2. The lowest BCUT2D eigenvalue weighted by molar-refractivity contribution is 0.299. The van der Waals surface area contributed by atoms with Gasteiger partial charge in [-0.15, -0.1) is 0 Å². The van der Waals surface area contributed by atoms with E-state index in [1.54, 1.807) is 0 Å². The summed E-state index contributed by atoms with van der Waals surface area (Å²) in [4.78, 5) is 0. The van der Waals surface area contributed by atoms with Gasteiger partial charge in [0.25, 0.3) is 0 Å². The van der Waals surface area contributed by atoms with E-state index in [1.165, 1.54) is 0 Å². The Morgan fingerprint density at radius 1 is 1.31 bits per heavy atom. The monoisotopic (exact) mass is 280 g/mol. The third kappa shape index (κ3) is 2.03. The summed E-state index contributed by atoms with van der Waals surface area (Å²) in [5, 5.41) is 13.4. The molecule has 0 atom stereocenters. The van der Waals surface area contributed by atoms with Gasteiger partial charge in [-0.25, -0.2) is 4.68 Å². The van der Waals surface area contributed by atoms with E-state index in [1.807, 2.05) is 41.9 Å². The minimum absolute atomic E-state index is 0.139. The van der Waals surface area contributed by atoms with Crippen LogP contribution in [0.4, 0.5) is 0 Å². The standard InChI is InChI=1S/C12H13BrN2O/c1-9-11(7-8-16)12(13)15(14-9)10-5-3-2-4-6-10/h2-6,16H,7-8H2,1H3. The number of halogens is 1. The summed E-state index contributed by atoms with van der Waals surface area (Å²) in [7, 11) is 0. The van der Waals surface area contributed by atoms with Crippen molar-refractivity contribution in [3.8, 4) is 5.69 Å². The number of benzene rings is 1. The summed E-state index contributed by atoms with van der Waals surface area (Å²) in [6.07, 6.45) is 0.624. The van der Waals surface area contributed by atoms with Gasteiger partial charge in [-0.1, -0.05) is 18.2 Å². The van der Waals surface area contributed by atoms with E-state index in [-0.39, 0.29) is 6.61 Å². The number of aromatic nitrogens is 2. The van der Waals surface area contributed by atoms with Gasteiger partial charge < -0.3 is 5.11 Å². The lowest BCUT2D eigenvalue weighted by atomic mass is 10.2. The van der Waals surface area contributed by atoms with Crippen molar-refractivity contribution in [1.29, 1.82) is 0 Å². The van der Waals surface area contributed by atoms with Crippen molar-refractivity contribution in [3.63, 3.8) is 0 Å². The van der Waals surface area contributed by atoms with Crippen LogP contribution in [0.3, 0.4) is 0 Å². The number of rotatable bonds is 3. The molecule has 0 aliphatic rings. The second-order valence-electron chi connectivity index (χ2n) is 3.58. The first kappa shape index (κ1) is 11.4. The van der Waals surface area contributed by atoms with Crippen LogP contribution in [-0.2, 0) is 6.42 Å². The highest BCUT2D eigenvalue weighted by Crippen LogP contribution is 2.24. The minimum Gasteiger partial charge on any atom is -0.396 e. The zero-order chi connectivity index (χ0) is 11.5. The predicted octanol–water partition coefficient (Wildman–Crippen LogP) is 2.48. The average molecular weight is 281 g/mol. The predicted molar refractivity (Wildman–Crippen MR) is 66.8 cm³/mol. The first-order valence-electron chi connectivity index (χ1n) is 5.14. The maximum absolute atomic E-state index is 8.99. The third-order valence-corrected chi connectivity index (χ3v) is 3.30. The van der Waals surface area contributed by atoms with Crippen molar-refractivity contribution in [2.45, 2.75) is 13.3 Å². The number of para-hydroxylation sites is 1. The van der Waals surface area contributed by atoms with Gasteiger partial charge in [0.1, 0.15) is 4.60 Å². The van der Waals surface area contributed by atoms with E-state index in [0.717, 1.165) is 21.5 Å². The van der Waals surface area contributed by atoms with Crippen LogP contribution in [-0.4, -0.2) is 21.5 Å². The molecule has 2 rings (SSSR count). The molecule has 84 valence electrons. The molecule has 0 aliphatic heterocycles. The highest BCUT2D eigenvalue weighted by molar-refractivity contribution is 9.10. The van der Waals surface area contributed by atoms with Gasteiger partial charge in [0.2, 0.25) is 0 Å². The van der Waals surface area contributed by atoms with Crippen LogP contribution in [0.25, 0.3) is 5.69 Å². The summed E-state index contributed by atoms with van der Waals surface area (Å²) in [5.74, 6) is 0. The molecule has 16 heavy (non-hydrogen) atoms. The lowest BCUT2D eigenvalue weighted by Crippen LogP contribution is -1.96. The molecule has 2 aromatic rings. The molecule has 1 aromatic heterocycles. The van der Waals surface area contributed by atoms with E-state index in [0.29, 0.717) is 6.42 Å². The number of nitrogens with zero attached hydrogens (tertiary/aromatic N) is 2. The highest BCUT2D eigenvalue weighted by Gasteiger charge is 2.12. The second kappa shape index (κ2) is 4.80. The summed E-state index contributed by atoms with van der Waals surface area (Å²) in [6, 6.07) is 9.93. The maximum Gasteiger partial charge on any atom is 0.113 e. The Labute approximate surface area is 103 Å². The molecule has 0 radical (unpaired) electrons. The number of hydrogen-bond donors (Lipinski definition) is 1. The lowest BCUT2D eigenvalue weighted by Gasteiger charge is -2.02. The van der Waals surface area contributed by atoms with Crippen LogP contribution >= 0.6 is 15.9 Å². The second-order valence-corrected chi connectivity index (χ2v) is 4.33. The highest BCUT2D eigenvalue weighted by atomic mass is 79.9. The Morgan fingerprint density at radius 3 is 2.62 bits per heavy atom. The fraction of sp³-hybridized carbons (Fsp3) is 0.250. The van der Waals surface area contributed by atoms with E-state index < -0.39 is 0 Å². The fourth-order valence-electron chi connectivity index (χ4n) is 1.67. The SMILES string of the molecule is Cc1nn(-c2ccccc2)c(Br)c1CCO. The van der Waals surface area contributed by atoms with Crippen molar-refractivity contribution in [3.05, 3.63) is 46.2 Å². The molecule has 4 heteroatoms. The molecule has 0 saturated carbocycles. The molecule has 1 N–H and O–H groups in total. The normalized spacial score (nSPS) is 10.7. The van der Waals surface area contributed by atoms with Gasteiger partial charge >= 0.3 is 0 Å². The van der Waals surface area contributed by atoms with Crippen molar-refractivity contribution >= 4 is 15.9 Å². The molecule has 0 saturated heterocycles. The topological polar surface area (TPSA) is 38.0 Å². The number of aliphatic hydroxyl groups excluding tert-OH is 1. The van der Waals surface area contributed by atoms with Gasteiger partial charge in [-0.3, -0.25) is 0 Å². The van der Waals surface area contributed by atoms with Crippen molar-refractivity contribution in [2.75, 3.05) is 6.61 Å². The van der Waals surface area contributed by atoms with Gasteiger partial charge in [0.05, 0.1) is 11.4 Å². The van der Waals surface area contributed by atoms with Crippen LogP contribution in [0, 0.1) is 6.92 Å². The largest absolute Gasteiger partial charge is 0.396 e. The molecule has 1 heterocycles. The van der Waals surface area contributed by atoms with E-state index >= 15 is 0 Å². The van der Waals surface area contributed by atoms with Gasteiger partial charge in [0.15, 0.2) is 0 Å². The number of aryl methyl sites for hydroxylation is 1. The molecular formula is C12H13BrN2O. The molecule has 0 aliphatic carbocycles. The Balaban J connectivity index is 2.47. The molecule has 0 fully saturated rings. The minimum atomic E-state index is 0.139. The van der Waals surface area contributed by atoms with Gasteiger partial charge in [-0.2, -0.15) is 5.10 Å². The summed E-state index contributed by atoms with van der Waals surface area (Å²) in [6.45, 7) is 2.09. The van der Waals surface area contributed by atoms with E-state index in [9.17, 15) is 0 Å². The van der Waals surface area contributed by atoms with Crippen LogP contribution in [0.1, 0.15) is 11.3 Å². The summed E-state index contributed by atoms with van der Waals surface area (Å²) < 4.78 is 2.77. The Kier molecular flexibility index (Phi) is 3.41. The smallest absolute Gasteiger partial charge is 0.113 e. The molecular weight excluding hydrogens is 268 g/mol. The van der Waals surface area contributed by atoms with E-state index in [2.05, 4.69) is 21.0 Å².